The number of amides is 1. The van der Waals surface area contributed by atoms with E-state index in [0.717, 1.165) is 23.3 Å². The van der Waals surface area contributed by atoms with Gasteiger partial charge in [0, 0.05) is 18.3 Å². The Bertz CT molecular complexity index is 1340. The molecule has 4 rings (SSSR count). The highest BCUT2D eigenvalue weighted by molar-refractivity contribution is 7.15. The first-order valence-electron chi connectivity index (χ1n) is 10.0. The number of benzene rings is 2. The minimum Gasteiger partial charge on any atom is -0.352 e. The van der Waals surface area contributed by atoms with Crippen LogP contribution >= 0.6 is 11.3 Å². The molecule has 33 heavy (non-hydrogen) atoms. The summed E-state index contributed by atoms with van der Waals surface area (Å²) in [4.78, 5) is 29.1. The van der Waals surface area contributed by atoms with Crippen LogP contribution in [0.15, 0.2) is 58.7 Å². The molecule has 2 aromatic carbocycles. The van der Waals surface area contributed by atoms with Gasteiger partial charge in [0.1, 0.15) is 5.69 Å². The maximum atomic E-state index is 12.8. The second kappa shape index (κ2) is 9.14. The van der Waals surface area contributed by atoms with Crippen LogP contribution in [0.4, 0.5) is 13.2 Å². The Morgan fingerprint density at radius 1 is 1.06 bits per heavy atom. The van der Waals surface area contributed by atoms with E-state index in [9.17, 15) is 22.8 Å². The third kappa shape index (κ3) is 5.46. The van der Waals surface area contributed by atoms with Gasteiger partial charge in [0.25, 0.3) is 5.56 Å². The number of hydrogen-bond donors (Lipinski definition) is 1. The fourth-order valence-corrected chi connectivity index (χ4v) is 4.02. The van der Waals surface area contributed by atoms with E-state index in [4.69, 9.17) is 0 Å². The van der Waals surface area contributed by atoms with Gasteiger partial charge in [-0.15, -0.1) is 11.3 Å². The second-order valence-electron chi connectivity index (χ2n) is 7.60. The molecule has 1 N–H and O–H groups in total. The molecule has 0 bridgehead atoms. The number of carbonyl (C=O) groups excluding carboxylic acids is 1. The lowest BCUT2D eigenvalue weighted by atomic mass is 10.1. The third-order valence-corrected chi connectivity index (χ3v) is 5.89. The number of aromatic nitrogens is 3. The van der Waals surface area contributed by atoms with E-state index < -0.39 is 17.3 Å². The molecule has 0 aliphatic heterocycles. The summed E-state index contributed by atoms with van der Waals surface area (Å²) in [5.41, 5.74) is 1.96. The summed E-state index contributed by atoms with van der Waals surface area (Å²) < 4.78 is 39.7. The van der Waals surface area contributed by atoms with Crippen molar-refractivity contribution in [2.45, 2.75) is 32.5 Å². The Kier molecular flexibility index (Phi) is 6.28. The number of thiazole rings is 1. The molecule has 0 atom stereocenters. The third-order valence-electron chi connectivity index (χ3n) is 5.02. The van der Waals surface area contributed by atoms with Crippen LogP contribution in [0.1, 0.15) is 33.6 Å². The first kappa shape index (κ1) is 22.7. The van der Waals surface area contributed by atoms with Gasteiger partial charge in [-0.3, -0.25) is 9.59 Å². The van der Waals surface area contributed by atoms with E-state index in [0.29, 0.717) is 22.8 Å². The number of nitrogens with one attached hydrogen (secondary N) is 1. The zero-order valence-electron chi connectivity index (χ0n) is 17.5. The van der Waals surface area contributed by atoms with Gasteiger partial charge in [-0.2, -0.15) is 23.3 Å². The Morgan fingerprint density at radius 3 is 2.39 bits per heavy atom. The lowest BCUT2D eigenvalue weighted by Crippen LogP contribution is -2.26. The molecule has 0 spiro atoms. The molecule has 0 unspecified atom stereocenters. The standard InChI is InChI=1S/C23H19F3N4O2S/c1-14-2-4-16(5-3-14)12-27-20(31)11-18-13-33-22-28-21(32)19(29-30(18)22)10-15-6-8-17(9-7-15)23(24,25)26/h2-9,13H,10-12H2,1H3,(H,27,31). The van der Waals surface area contributed by atoms with Crippen molar-refractivity contribution in [3.05, 3.63) is 97.9 Å². The fraction of sp³-hybridized carbons (Fsp3) is 0.217. The molecule has 2 aromatic heterocycles. The van der Waals surface area contributed by atoms with E-state index in [1.807, 2.05) is 31.2 Å². The van der Waals surface area contributed by atoms with E-state index in [1.165, 1.54) is 28.0 Å². The molecule has 4 aromatic rings. The summed E-state index contributed by atoms with van der Waals surface area (Å²) in [6, 6.07) is 12.4. The van der Waals surface area contributed by atoms with Gasteiger partial charge < -0.3 is 5.32 Å². The predicted molar refractivity (Wildman–Crippen MR) is 118 cm³/mol. The zero-order valence-corrected chi connectivity index (χ0v) is 18.3. The van der Waals surface area contributed by atoms with Crippen LogP contribution in [0.25, 0.3) is 4.96 Å². The molecular formula is C23H19F3N4O2S. The molecular weight excluding hydrogens is 453 g/mol. The SMILES string of the molecule is Cc1ccc(CNC(=O)Cc2csc3nc(=O)c(Cc4ccc(C(F)(F)F)cc4)nn23)cc1. The van der Waals surface area contributed by atoms with Crippen LogP contribution in [0.2, 0.25) is 0 Å². The summed E-state index contributed by atoms with van der Waals surface area (Å²) in [5.74, 6) is -0.208. The smallest absolute Gasteiger partial charge is 0.352 e. The first-order valence-corrected chi connectivity index (χ1v) is 10.9. The molecule has 2 heterocycles. The second-order valence-corrected chi connectivity index (χ2v) is 8.43. The lowest BCUT2D eigenvalue weighted by Gasteiger charge is -2.08. The minimum atomic E-state index is -4.43. The van der Waals surface area contributed by atoms with Gasteiger partial charge in [-0.25, -0.2) is 4.52 Å². The maximum Gasteiger partial charge on any atom is 0.416 e. The van der Waals surface area contributed by atoms with Crippen molar-refractivity contribution in [1.82, 2.24) is 19.9 Å². The lowest BCUT2D eigenvalue weighted by molar-refractivity contribution is -0.137. The van der Waals surface area contributed by atoms with Crippen molar-refractivity contribution in [2.24, 2.45) is 0 Å². The summed E-state index contributed by atoms with van der Waals surface area (Å²) in [6.07, 6.45) is -4.35. The molecule has 1 amide bonds. The number of carbonyl (C=O) groups is 1. The molecule has 6 nitrogen and oxygen atoms in total. The molecule has 10 heteroatoms. The maximum absolute atomic E-state index is 12.8. The van der Waals surface area contributed by atoms with Crippen molar-refractivity contribution in [3.8, 4) is 0 Å². The number of halogens is 3. The van der Waals surface area contributed by atoms with Crippen molar-refractivity contribution >= 4 is 22.2 Å². The number of nitrogens with zero attached hydrogens (tertiary/aromatic N) is 3. The highest BCUT2D eigenvalue weighted by atomic mass is 32.1. The summed E-state index contributed by atoms with van der Waals surface area (Å²) in [6.45, 7) is 2.38. The van der Waals surface area contributed by atoms with Gasteiger partial charge in [-0.05, 0) is 30.2 Å². The monoisotopic (exact) mass is 472 g/mol. The van der Waals surface area contributed by atoms with E-state index in [1.54, 1.807) is 5.38 Å². The van der Waals surface area contributed by atoms with E-state index in [2.05, 4.69) is 15.4 Å². The number of rotatable bonds is 6. The van der Waals surface area contributed by atoms with Gasteiger partial charge in [0.05, 0.1) is 17.7 Å². The average molecular weight is 472 g/mol. The molecule has 0 aliphatic carbocycles. The summed E-state index contributed by atoms with van der Waals surface area (Å²) >= 11 is 1.19. The number of aryl methyl sites for hydroxylation is 1. The number of fused-ring (bicyclic) bond motifs is 1. The fourth-order valence-electron chi connectivity index (χ4n) is 3.21. The van der Waals surface area contributed by atoms with Gasteiger partial charge >= 0.3 is 6.18 Å². The molecule has 0 aliphatic rings. The Morgan fingerprint density at radius 2 is 1.73 bits per heavy atom. The van der Waals surface area contributed by atoms with Gasteiger partial charge in [0.15, 0.2) is 0 Å². The van der Waals surface area contributed by atoms with E-state index >= 15 is 0 Å². The largest absolute Gasteiger partial charge is 0.416 e. The normalized spacial score (nSPS) is 11.6. The predicted octanol–water partition coefficient (Wildman–Crippen LogP) is 3.93. The highest BCUT2D eigenvalue weighted by Crippen LogP contribution is 2.29. The quantitative estimate of drug-likeness (QED) is 0.462. The number of hydrogen-bond acceptors (Lipinski definition) is 5. The Hall–Kier alpha value is -3.53. The van der Waals surface area contributed by atoms with E-state index in [-0.39, 0.29) is 24.4 Å². The first-order chi connectivity index (χ1) is 15.7. The van der Waals surface area contributed by atoms with Crippen LogP contribution in [-0.2, 0) is 30.4 Å². The molecule has 170 valence electrons. The van der Waals surface area contributed by atoms with Crippen molar-refractivity contribution < 1.29 is 18.0 Å². The van der Waals surface area contributed by atoms with Crippen LogP contribution in [-0.4, -0.2) is 20.5 Å². The molecule has 0 saturated heterocycles. The zero-order chi connectivity index (χ0) is 23.6. The Balaban J connectivity index is 1.49. The average Bonchev–Trinajstić information content (AvgIpc) is 3.14. The van der Waals surface area contributed by atoms with Crippen molar-refractivity contribution in [2.75, 3.05) is 0 Å². The minimum absolute atomic E-state index is 0.0296. The van der Waals surface area contributed by atoms with Gasteiger partial charge in [-0.1, -0.05) is 42.0 Å². The number of alkyl halides is 3. The van der Waals surface area contributed by atoms with Crippen LogP contribution in [0.5, 0.6) is 0 Å². The van der Waals surface area contributed by atoms with Crippen LogP contribution in [0.3, 0.4) is 0 Å². The molecule has 0 fully saturated rings. The topological polar surface area (TPSA) is 76.4 Å². The summed E-state index contributed by atoms with van der Waals surface area (Å²) in [7, 11) is 0. The highest BCUT2D eigenvalue weighted by Gasteiger charge is 2.30. The van der Waals surface area contributed by atoms with Gasteiger partial charge in [0.2, 0.25) is 10.9 Å². The summed E-state index contributed by atoms with van der Waals surface area (Å²) in [5, 5.41) is 8.90. The van der Waals surface area contributed by atoms with Crippen molar-refractivity contribution in [1.29, 1.82) is 0 Å². The van der Waals surface area contributed by atoms with Crippen LogP contribution in [0, 0.1) is 6.92 Å². The van der Waals surface area contributed by atoms with Crippen LogP contribution < -0.4 is 10.9 Å². The molecule has 0 radical (unpaired) electrons. The Labute approximate surface area is 190 Å². The van der Waals surface area contributed by atoms with Crippen molar-refractivity contribution in [3.63, 3.8) is 0 Å². The molecule has 0 saturated carbocycles.